The fourth-order valence-corrected chi connectivity index (χ4v) is 1.97. The first-order valence-corrected chi connectivity index (χ1v) is 6.28. The normalized spacial score (nSPS) is 12.6. The highest BCUT2D eigenvalue weighted by atomic mass is 35.5. The van der Waals surface area contributed by atoms with Crippen molar-refractivity contribution >= 4 is 28.5 Å². The lowest BCUT2D eigenvalue weighted by Gasteiger charge is -2.16. The third kappa shape index (κ3) is 2.86. The highest BCUT2D eigenvalue weighted by Crippen LogP contribution is 2.20. The van der Waals surface area contributed by atoms with Crippen LogP contribution in [-0.4, -0.2) is 32.7 Å². The van der Waals surface area contributed by atoms with Crippen LogP contribution >= 0.6 is 11.6 Å². The van der Waals surface area contributed by atoms with E-state index < -0.39 is 0 Å². The van der Waals surface area contributed by atoms with Gasteiger partial charge in [-0.2, -0.15) is 4.98 Å². The van der Waals surface area contributed by atoms with Gasteiger partial charge in [-0.05, 0) is 30.2 Å². The molecule has 18 heavy (non-hydrogen) atoms. The molecule has 0 bridgehead atoms. The number of aromatic nitrogens is 3. The number of nitrogens with one attached hydrogen (secondary N) is 1. The molecule has 0 saturated heterocycles. The summed E-state index contributed by atoms with van der Waals surface area (Å²) in [6.07, 6.45) is 3.51. The van der Waals surface area contributed by atoms with E-state index in [1.807, 2.05) is 6.07 Å². The minimum Gasteiger partial charge on any atom is -0.394 e. The summed E-state index contributed by atoms with van der Waals surface area (Å²) >= 11 is 5.88. The van der Waals surface area contributed by atoms with E-state index in [2.05, 4.69) is 27.2 Å². The zero-order chi connectivity index (χ0) is 13.0. The molecule has 0 saturated carbocycles. The number of hydrogen-bond donors (Lipinski definition) is 2. The molecule has 0 spiro atoms. The second-order valence-electron chi connectivity index (χ2n) is 4.02. The lowest BCUT2D eigenvalue weighted by molar-refractivity contribution is 0.268. The summed E-state index contributed by atoms with van der Waals surface area (Å²) in [6.45, 7) is 2.11. The van der Waals surface area contributed by atoms with Gasteiger partial charge < -0.3 is 10.4 Å². The van der Waals surface area contributed by atoms with E-state index in [9.17, 15) is 5.11 Å². The summed E-state index contributed by atoms with van der Waals surface area (Å²) in [5.41, 5.74) is 1.35. The Morgan fingerprint density at radius 1 is 1.44 bits per heavy atom. The van der Waals surface area contributed by atoms with Crippen molar-refractivity contribution in [3.63, 3.8) is 0 Å². The average Bonchev–Trinajstić information content (AvgIpc) is 2.38. The van der Waals surface area contributed by atoms with Gasteiger partial charge in [0.25, 0.3) is 0 Å². The van der Waals surface area contributed by atoms with Gasteiger partial charge in [-0.3, -0.25) is 4.98 Å². The number of aliphatic hydroxyl groups is 1. The number of rotatable bonds is 5. The van der Waals surface area contributed by atoms with Crippen LogP contribution in [-0.2, 0) is 0 Å². The number of aliphatic hydroxyl groups excluding tert-OH is 1. The summed E-state index contributed by atoms with van der Waals surface area (Å²) in [4.78, 5) is 12.5. The lowest BCUT2D eigenvalue weighted by Crippen LogP contribution is -2.24. The Hall–Kier alpha value is -1.46. The van der Waals surface area contributed by atoms with Crippen molar-refractivity contribution in [2.75, 3.05) is 11.9 Å². The molecular formula is C12H15ClN4O. The van der Waals surface area contributed by atoms with Gasteiger partial charge in [-0.25, -0.2) is 4.98 Å². The summed E-state index contributed by atoms with van der Waals surface area (Å²) in [5.74, 6) is 0.568. The molecular weight excluding hydrogens is 252 g/mol. The van der Waals surface area contributed by atoms with Gasteiger partial charge in [0.05, 0.1) is 18.2 Å². The summed E-state index contributed by atoms with van der Waals surface area (Å²) in [6, 6.07) is 3.58. The zero-order valence-corrected chi connectivity index (χ0v) is 10.9. The van der Waals surface area contributed by atoms with Crippen LogP contribution < -0.4 is 5.32 Å². The van der Waals surface area contributed by atoms with Crippen LogP contribution in [0.5, 0.6) is 0 Å². The third-order valence-corrected chi connectivity index (χ3v) is 2.79. The third-order valence-electron chi connectivity index (χ3n) is 2.63. The minimum absolute atomic E-state index is 0.0454. The van der Waals surface area contributed by atoms with E-state index in [0.29, 0.717) is 16.9 Å². The number of anilines is 1. The summed E-state index contributed by atoms with van der Waals surface area (Å²) < 4.78 is 0. The van der Waals surface area contributed by atoms with E-state index in [4.69, 9.17) is 11.6 Å². The molecule has 0 aromatic carbocycles. The van der Waals surface area contributed by atoms with Gasteiger partial charge >= 0.3 is 0 Å². The van der Waals surface area contributed by atoms with Crippen molar-refractivity contribution in [2.45, 2.75) is 25.8 Å². The Morgan fingerprint density at radius 3 is 3.00 bits per heavy atom. The second-order valence-corrected chi connectivity index (χ2v) is 4.36. The Bertz CT molecular complexity index is 534. The lowest BCUT2D eigenvalue weighted by atomic mass is 10.2. The maximum absolute atomic E-state index is 9.30. The Balaban J connectivity index is 2.37. The zero-order valence-electron chi connectivity index (χ0n) is 10.1. The topological polar surface area (TPSA) is 70.9 Å². The molecule has 0 radical (unpaired) electrons. The van der Waals surface area contributed by atoms with Crippen molar-refractivity contribution in [1.82, 2.24) is 15.0 Å². The van der Waals surface area contributed by atoms with Crippen LogP contribution in [0.1, 0.15) is 19.8 Å². The van der Waals surface area contributed by atoms with Crippen LogP contribution in [0, 0.1) is 0 Å². The molecule has 96 valence electrons. The van der Waals surface area contributed by atoms with E-state index in [1.54, 1.807) is 12.3 Å². The fraction of sp³-hybridized carbons (Fsp3) is 0.417. The Labute approximate surface area is 110 Å². The van der Waals surface area contributed by atoms with Crippen molar-refractivity contribution in [3.05, 3.63) is 23.6 Å². The molecule has 0 amide bonds. The summed E-state index contributed by atoms with van der Waals surface area (Å²) in [5, 5.41) is 12.6. The molecule has 2 aromatic heterocycles. The average molecular weight is 267 g/mol. The van der Waals surface area contributed by atoms with E-state index >= 15 is 0 Å². The molecule has 0 aliphatic carbocycles. The van der Waals surface area contributed by atoms with Gasteiger partial charge in [0.1, 0.15) is 5.52 Å². The van der Waals surface area contributed by atoms with Crippen LogP contribution in [0.25, 0.3) is 11.0 Å². The maximum atomic E-state index is 9.30. The summed E-state index contributed by atoms with van der Waals surface area (Å²) in [7, 11) is 0. The van der Waals surface area contributed by atoms with Crippen molar-refractivity contribution in [1.29, 1.82) is 0 Å². The van der Waals surface area contributed by atoms with Crippen LogP contribution in [0.4, 0.5) is 5.82 Å². The van der Waals surface area contributed by atoms with Gasteiger partial charge in [0.15, 0.2) is 5.82 Å². The standard InChI is InChI=1S/C12H15ClN4O/c1-2-4-8(7-18)15-11-10-9(5-3-6-14-10)16-12(13)17-11/h3,5-6,8,18H,2,4,7H2,1H3,(H,15,16,17)/t8-/m0/s1. The van der Waals surface area contributed by atoms with Crippen LogP contribution in [0.3, 0.4) is 0 Å². The molecule has 5 nitrogen and oxygen atoms in total. The number of fused-ring (bicyclic) bond motifs is 1. The monoisotopic (exact) mass is 266 g/mol. The van der Waals surface area contributed by atoms with Crippen molar-refractivity contribution < 1.29 is 5.11 Å². The van der Waals surface area contributed by atoms with Crippen molar-refractivity contribution in [3.8, 4) is 0 Å². The first-order valence-electron chi connectivity index (χ1n) is 5.90. The molecule has 2 rings (SSSR count). The van der Waals surface area contributed by atoms with E-state index in [0.717, 1.165) is 12.8 Å². The highest BCUT2D eigenvalue weighted by molar-refractivity contribution is 6.28. The Morgan fingerprint density at radius 2 is 2.28 bits per heavy atom. The molecule has 1 atom stereocenters. The predicted octanol–water partition coefficient (Wildman–Crippen LogP) is 2.25. The molecule has 0 unspecified atom stereocenters. The smallest absolute Gasteiger partial charge is 0.225 e. The second kappa shape index (κ2) is 5.93. The largest absolute Gasteiger partial charge is 0.394 e. The number of halogens is 1. The number of pyridine rings is 1. The molecule has 2 heterocycles. The SMILES string of the molecule is CCC[C@@H](CO)Nc1nc(Cl)nc2cccnc12. The van der Waals surface area contributed by atoms with Crippen LogP contribution in [0.2, 0.25) is 5.28 Å². The first kappa shape index (κ1) is 13.0. The molecule has 0 aliphatic heterocycles. The number of hydrogen-bond acceptors (Lipinski definition) is 5. The molecule has 2 aromatic rings. The van der Waals surface area contributed by atoms with Gasteiger partial charge in [-0.1, -0.05) is 13.3 Å². The Kier molecular flexibility index (Phi) is 4.28. The van der Waals surface area contributed by atoms with Crippen molar-refractivity contribution in [2.24, 2.45) is 0 Å². The van der Waals surface area contributed by atoms with Gasteiger partial charge in [0.2, 0.25) is 5.28 Å². The molecule has 0 fully saturated rings. The van der Waals surface area contributed by atoms with E-state index in [1.165, 1.54) is 0 Å². The van der Waals surface area contributed by atoms with Crippen LogP contribution in [0.15, 0.2) is 18.3 Å². The maximum Gasteiger partial charge on any atom is 0.225 e. The fourth-order valence-electron chi connectivity index (χ4n) is 1.79. The van der Waals surface area contributed by atoms with E-state index in [-0.39, 0.29) is 17.9 Å². The molecule has 6 heteroatoms. The molecule has 2 N–H and O–H groups in total. The number of nitrogens with zero attached hydrogens (tertiary/aromatic N) is 3. The molecule has 0 aliphatic rings. The van der Waals surface area contributed by atoms with Gasteiger partial charge in [-0.15, -0.1) is 0 Å². The van der Waals surface area contributed by atoms with Gasteiger partial charge in [0, 0.05) is 6.20 Å². The quantitative estimate of drug-likeness (QED) is 0.812. The first-order chi connectivity index (χ1) is 8.74. The predicted molar refractivity (Wildman–Crippen MR) is 71.7 cm³/mol. The minimum atomic E-state index is -0.0498. The highest BCUT2D eigenvalue weighted by Gasteiger charge is 2.12.